The van der Waals surface area contributed by atoms with Crippen LogP contribution in [0, 0.1) is 0 Å². The first-order chi connectivity index (χ1) is 13.2. The molecule has 1 atom stereocenters. The zero-order valence-corrected chi connectivity index (χ0v) is 15.1. The van der Waals surface area contributed by atoms with Crippen LogP contribution in [0.1, 0.15) is 53.4 Å². The normalized spacial score (nSPS) is 14.6. The molecule has 0 bridgehead atoms. The standard InChI is InChI=1S/C20H21N5O2/c1-13(20-24-18(25-27-20)11-14-5-3-2-4-6-14)22-19(26)15-7-10-17(21-12-15)23-16-8-9-16/h2-7,10,12-13,16H,8-9,11H2,1H3,(H,21,23)(H,22,26). The predicted molar refractivity (Wildman–Crippen MR) is 100 cm³/mol. The first-order valence-corrected chi connectivity index (χ1v) is 9.07. The van der Waals surface area contributed by atoms with Gasteiger partial charge in [-0.2, -0.15) is 4.98 Å². The van der Waals surface area contributed by atoms with Crippen molar-refractivity contribution in [3.63, 3.8) is 0 Å². The van der Waals surface area contributed by atoms with Gasteiger partial charge in [0.2, 0.25) is 5.89 Å². The molecule has 1 fully saturated rings. The minimum Gasteiger partial charge on any atom is -0.367 e. The number of pyridine rings is 1. The Kier molecular flexibility index (Phi) is 4.82. The fraction of sp³-hybridized carbons (Fsp3) is 0.300. The average molecular weight is 363 g/mol. The maximum atomic E-state index is 12.4. The van der Waals surface area contributed by atoms with E-state index in [0.29, 0.717) is 29.7 Å². The number of nitrogens with one attached hydrogen (secondary N) is 2. The number of carbonyl (C=O) groups excluding carboxylic acids is 1. The molecule has 0 radical (unpaired) electrons. The van der Waals surface area contributed by atoms with Crippen molar-refractivity contribution < 1.29 is 9.32 Å². The number of rotatable bonds is 7. The van der Waals surface area contributed by atoms with Crippen LogP contribution in [0.15, 0.2) is 53.2 Å². The third kappa shape index (κ3) is 4.49. The summed E-state index contributed by atoms with van der Waals surface area (Å²) in [6, 6.07) is 13.6. The fourth-order valence-electron chi connectivity index (χ4n) is 2.69. The van der Waals surface area contributed by atoms with Gasteiger partial charge >= 0.3 is 0 Å². The van der Waals surface area contributed by atoms with Gasteiger partial charge in [-0.3, -0.25) is 4.79 Å². The molecule has 2 heterocycles. The second-order valence-corrected chi connectivity index (χ2v) is 6.76. The Morgan fingerprint density at radius 1 is 1.22 bits per heavy atom. The van der Waals surface area contributed by atoms with Crippen LogP contribution >= 0.6 is 0 Å². The molecule has 1 aliphatic rings. The highest BCUT2D eigenvalue weighted by Crippen LogP contribution is 2.23. The predicted octanol–water partition coefficient (Wildman–Crippen LogP) is 3.12. The zero-order valence-electron chi connectivity index (χ0n) is 15.1. The van der Waals surface area contributed by atoms with Crippen LogP contribution in [-0.4, -0.2) is 27.1 Å². The fourth-order valence-corrected chi connectivity index (χ4v) is 2.69. The Hall–Kier alpha value is -3.22. The quantitative estimate of drug-likeness (QED) is 0.670. The van der Waals surface area contributed by atoms with Crippen LogP contribution in [0.2, 0.25) is 0 Å². The van der Waals surface area contributed by atoms with Crippen LogP contribution in [0.3, 0.4) is 0 Å². The van der Waals surface area contributed by atoms with Gasteiger partial charge in [-0.05, 0) is 37.5 Å². The largest absolute Gasteiger partial charge is 0.367 e. The van der Waals surface area contributed by atoms with Gasteiger partial charge in [0.15, 0.2) is 5.82 Å². The number of hydrogen-bond donors (Lipinski definition) is 2. The summed E-state index contributed by atoms with van der Waals surface area (Å²) in [5.41, 5.74) is 1.60. The van der Waals surface area contributed by atoms with Gasteiger partial charge in [0.1, 0.15) is 11.9 Å². The van der Waals surface area contributed by atoms with Crippen molar-refractivity contribution in [1.82, 2.24) is 20.4 Å². The molecule has 2 aromatic heterocycles. The van der Waals surface area contributed by atoms with Crippen molar-refractivity contribution in [2.75, 3.05) is 5.32 Å². The molecule has 0 aliphatic heterocycles. The molecule has 1 unspecified atom stereocenters. The summed E-state index contributed by atoms with van der Waals surface area (Å²) >= 11 is 0. The van der Waals surface area contributed by atoms with Gasteiger partial charge in [-0.1, -0.05) is 35.5 Å². The number of hydrogen-bond acceptors (Lipinski definition) is 6. The van der Waals surface area contributed by atoms with Crippen LogP contribution < -0.4 is 10.6 Å². The average Bonchev–Trinajstić information content (AvgIpc) is 3.38. The summed E-state index contributed by atoms with van der Waals surface area (Å²) in [6.45, 7) is 1.81. The summed E-state index contributed by atoms with van der Waals surface area (Å²) in [6.07, 6.45) is 4.52. The van der Waals surface area contributed by atoms with Gasteiger partial charge in [-0.15, -0.1) is 0 Å². The molecule has 3 aromatic rings. The lowest BCUT2D eigenvalue weighted by atomic mass is 10.1. The molecule has 1 aliphatic carbocycles. The van der Waals surface area contributed by atoms with Crippen molar-refractivity contribution in [3.8, 4) is 0 Å². The van der Waals surface area contributed by atoms with Gasteiger partial charge < -0.3 is 15.2 Å². The highest BCUT2D eigenvalue weighted by atomic mass is 16.5. The molecule has 4 rings (SSSR count). The molecular formula is C20H21N5O2. The van der Waals surface area contributed by atoms with Crippen molar-refractivity contribution >= 4 is 11.7 Å². The number of anilines is 1. The second kappa shape index (κ2) is 7.57. The van der Waals surface area contributed by atoms with E-state index in [0.717, 1.165) is 11.4 Å². The minimum atomic E-state index is -0.390. The lowest BCUT2D eigenvalue weighted by Crippen LogP contribution is -2.27. The third-order valence-electron chi connectivity index (χ3n) is 4.36. The number of amides is 1. The SMILES string of the molecule is CC(NC(=O)c1ccc(NC2CC2)nc1)c1nc(Cc2ccccc2)no1. The van der Waals surface area contributed by atoms with Gasteiger partial charge in [0.05, 0.1) is 5.56 Å². The van der Waals surface area contributed by atoms with E-state index in [1.54, 1.807) is 12.3 Å². The first kappa shape index (κ1) is 17.2. The summed E-state index contributed by atoms with van der Waals surface area (Å²) < 4.78 is 5.30. The van der Waals surface area contributed by atoms with Crippen molar-refractivity contribution in [3.05, 3.63) is 71.5 Å². The number of carbonyl (C=O) groups is 1. The molecule has 2 N–H and O–H groups in total. The molecule has 1 amide bonds. The Bertz CT molecular complexity index is 904. The molecular weight excluding hydrogens is 342 g/mol. The Morgan fingerprint density at radius 2 is 2.04 bits per heavy atom. The maximum Gasteiger partial charge on any atom is 0.253 e. The highest BCUT2D eigenvalue weighted by Gasteiger charge is 2.21. The molecule has 7 nitrogen and oxygen atoms in total. The molecule has 0 saturated heterocycles. The van der Waals surface area contributed by atoms with Crippen molar-refractivity contribution in [2.24, 2.45) is 0 Å². The Morgan fingerprint density at radius 3 is 2.74 bits per heavy atom. The van der Waals surface area contributed by atoms with E-state index in [2.05, 4.69) is 25.8 Å². The maximum absolute atomic E-state index is 12.4. The monoisotopic (exact) mass is 363 g/mol. The van der Waals surface area contributed by atoms with Gasteiger partial charge in [0, 0.05) is 18.7 Å². The van der Waals surface area contributed by atoms with E-state index in [9.17, 15) is 4.79 Å². The lowest BCUT2D eigenvalue weighted by Gasteiger charge is -2.10. The van der Waals surface area contributed by atoms with Crippen molar-refractivity contribution in [1.29, 1.82) is 0 Å². The van der Waals surface area contributed by atoms with Crippen molar-refractivity contribution in [2.45, 2.75) is 38.3 Å². The summed E-state index contributed by atoms with van der Waals surface area (Å²) in [7, 11) is 0. The van der Waals surface area contributed by atoms with E-state index in [-0.39, 0.29) is 5.91 Å². The molecule has 138 valence electrons. The van der Waals surface area contributed by atoms with Gasteiger partial charge in [-0.25, -0.2) is 4.98 Å². The molecule has 0 spiro atoms. The zero-order chi connectivity index (χ0) is 18.6. The lowest BCUT2D eigenvalue weighted by molar-refractivity contribution is 0.0932. The van der Waals surface area contributed by atoms with Crippen LogP contribution in [0.25, 0.3) is 0 Å². The highest BCUT2D eigenvalue weighted by molar-refractivity contribution is 5.94. The van der Waals surface area contributed by atoms with E-state index in [1.165, 1.54) is 12.8 Å². The van der Waals surface area contributed by atoms with Crippen LogP contribution in [-0.2, 0) is 6.42 Å². The molecule has 1 aromatic carbocycles. The molecule has 1 saturated carbocycles. The third-order valence-corrected chi connectivity index (χ3v) is 4.36. The smallest absolute Gasteiger partial charge is 0.253 e. The topological polar surface area (TPSA) is 92.9 Å². The number of benzene rings is 1. The summed E-state index contributed by atoms with van der Waals surface area (Å²) in [5, 5.41) is 10.2. The Labute approximate surface area is 157 Å². The summed E-state index contributed by atoms with van der Waals surface area (Å²) in [5.74, 6) is 1.55. The first-order valence-electron chi connectivity index (χ1n) is 9.07. The number of aromatic nitrogens is 3. The number of nitrogens with zero attached hydrogens (tertiary/aromatic N) is 3. The minimum absolute atomic E-state index is 0.226. The van der Waals surface area contributed by atoms with Gasteiger partial charge in [0.25, 0.3) is 5.91 Å². The van der Waals surface area contributed by atoms with Crippen LogP contribution in [0.4, 0.5) is 5.82 Å². The van der Waals surface area contributed by atoms with E-state index < -0.39 is 6.04 Å². The summed E-state index contributed by atoms with van der Waals surface area (Å²) in [4.78, 5) is 21.1. The van der Waals surface area contributed by atoms with E-state index in [1.807, 2.05) is 43.3 Å². The van der Waals surface area contributed by atoms with E-state index in [4.69, 9.17) is 4.52 Å². The second-order valence-electron chi connectivity index (χ2n) is 6.76. The molecule has 7 heteroatoms. The van der Waals surface area contributed by atoms with E-state index >= 15 is 0 Å². The Balaban J connectivity index is 1.35. The van der Waals surface area contributed by atoms with Crippen LogP contribution in [0.5, 0.6) is 0 Å². The molecule has 27 heavy (non-hydrogen) atoms.